The summed E-state index contributed by atoms with van der Waals surface area (Å²) in [5.74, 6) is 0.438. The maximum absolute atomic E-state index is 11.9. The van der Waals surface area contributed by atoms with E-state index in [2.05, 4.69) is 28.0 Å². The molecule has 1 fully saturated rings. The second-order valence-corrected chi connectivity index (χ2v) is 4.81. The molecular weight excluding hydrogens is 256 g/mol. The first-order valence-corrected chi connectivity index (χ1v) is 6.27. The Balaban J connectivity index is 2.34. The fourth-order valence-corrected chi connectivity index (χ4v) is 2.82. The van der Waals surface area contributed by atoms with Crippen molar-refractivity contribution >= 4 is 21.7 Å². The number of rotatable bonds is 2. The average molecular weight is 271 g/mol. The van der Waals surface area contributed by atoms with Crippen molar-refractivity contribution in [2.45, 2.75) is 45.1 Å². The van der Waals surface area contributed by atoms with E-state index in [1.165, 1.54) is 0 Å². The van der Waals surface area contributed by atoms with Gasteiger partial charge >= 0.3 is 0 Å². The molecule has 2 rings (SSSR count). The minimum absolute atomic E-state index is 0.0653. The summed E-state index contributed by atoms with van der Waals surface area (Å²) in [7, 11) is 0. The van der Waals surface area contributed by atoms with Gasteiger partial charge in [-0.3, -0.25) is 9.48 Å². The molecule has 0 N–H and O–H groups in total. The standard InChI is InChI=1S/C11H15BrN2O/c1-2-14-11(9(12)7-13-14)8-5-3-4-6-10(8)15/h7-8H,2-6H2,1H3. The van der Waals surface area contributed by atoms with Gasteiger partial charge in [0.15, 0.2) is 0 Å². The summed E-state index contributed by atoms with van der Waals surface area (Å²) >= 11 is 3.49. The molecule has 15 heavy (non-hydrogen) atoms. The molecule has 0 aromatic carbocycles. The molecule has 1 aromatic rings. The highest BCUT2D eigenvalue weighted by molar-refractivity contribution is 9.10. The lowest BCUT2D eigenvalue weighted by Crippen LogP contribution is -2.20. The van der Waals surface area contributed by atoms with Crippen molar-refractivity contribution in [1.29, 1.82) is 0 Å². The quantitative estimate of drug-likeness (QED) is 0.829. The summed E-state index contributed by atoms with van der Waals surface area (Å²) in [5.41, 5.74) is 1.07. The molecular formula is C11H15BrN2O. The Bertz CT molecular complexity index is 373. The van der Waals surface area contributed by atoms with Gasteiger partial charge in [0.2, 0.25) is 0 Å². The van der Waals surface area contributed by atoms with E-state index in [1.54, 1.807) is 6.20 Å². The van der Waals surface area contributed by atoms with Crippen LogP contribution >= 0.6 is 15.9 Å². The third-order valence-electron chi connectivity index (χ3n) is 3.02. The highest BCUT2D eigenvalue weighted by Gasteiger charge is 2.28. The first-order chi connectivity index (χ1) is 7.24. The van der Waals surface area contributed by atoms with Gasteiger partial charge in [0.1, 0.15) is 5.78 Å². The number of Topliss-reactive ketones (excluding diaryl/α,β-unsaturated/α-hetero) is 1. The van der Waals surface area contributed by atoms with E-state index < -0.39 is 0 Å². The van der Waals surface area contributed by atoms with Gasteiger partial charge in [-0.05, 0) is 35.7 Å². The van der Waals surface area contributed by atoms with Crippen molar-refractivity contribution in [3.63, 3.8) is 0 Å². The largest absolute Gasteiger partial charge is 0.299 e. The zero-order chi connectivity index (χ0) is 10.8. The van der Waals surface area contributed by atoms with Crippen LogP contribution in [0.4, 0.5) is 0 Å². The average Bonchev–Trinajstić information content (AvgIpc) is 2.60. The van der Waals surface area contributed by atoms with Crippen molar-refractivity contribution in [1.82, 2.24) is 9.78 Å². The highest BCUT2D eigenvalue weighted by atomic mass is 79.9. The van der Waals surface area contributed by atoms with Crippen LogP contribution in [0.25, 0.3) is 0 Å². The SMILES string of the molecule is CCn1ncc(Br)c1C1CCCCC1=O. The third kappa shape index (κ3) is 2.00. The van der Waals surface area contributed by atoms with Crippen molar-refractivity contribution in [2.75, 3.05) is 0 Å². The first kappa shape index (κ1) is 10.9. The van der Waals surface area contributed by atoms with Crippen LogP contribution in [0.3, 0.4) is 0 Å². The zero-order valence-corrected chi connectivity index (χ0v) is 10.5. The van der Waals surface area contributed by atoms with E-state index in [4.69, 9.17) is 0 Å². The van der Waals surface area contributed by atoms with Gasteiger partial charge in [0, 0.05) is 13.0 Å². The Hall–Kier alpha value is -0.640. The Morgan fingerprint density at radius 3 is 3.07 bits per heavy atom. The predicted molar refractivity (Wildman–Crippen MR) is 61.8 cm³/mol. The Kier molecular flexibility index (Phi) is 3.24. The Morgan fingerprint density at radius 1 is 1.60 bits per heavy atom. The smallest absolute Gasteiger partial charge is 0.141 e. The highest BCUT2D eigenvalue weighted by Crippen LogP contribution is 2.33. The number of aromatic nitrogens is 2. The summed E-state index contributed by atoms with van der Waals surface area (Å²) in [5, 5.41) is 4.26. The normalized spacial score (nSPS) is 22.0. The van der Waals surface area contributed by atoms with Crippen molar-refractivity contribution in [3.8, 4) is 0 Å². The van der Waals surface area contributed by atoms with Crippen molar-refractivity contribution < 1.29 is 4.79 Å². The number of carbonyl (C=O) groups excluding carboxylic acids is 1. The van der Waals surface area contributed by atoms with Crippen LogP contribution in [0.5, 0.6) is 0 Å². The van der Waals surface area contributed by atoms with Crippen molar-refractivity contribution in [2.24, 2.45) is 0 Å². The van der Waals surface area contributed by atoms with Gasteiger partial charge in [-0.25, -0.2) is 0 Å². The number of halogens is 1. The molecule has 0 amide bonds. The Morgan fingerprint density at radius 2 is 2.40 bits per heavy atom. The van der Waals surface area contributed by atoms with E-state index in [0.717, 1.165) is 42.4 Å². The van der Waals surface area contributed by atoms with Crippen LogP contribution < -0.4 is 0 Å². The molecule has 1 aliphatic carbocycles. The lowest BCUT2D eigenvalue weighted by molar-refractivity contribution is -0.122. The molecule has 0 spiro atoms. The van der Waals surface area contributed by atoms with Gasteiger partial charge in [-0.2, -0.15) is 5.10 Å². The molecule has 1 heterocycles. The molecule has 0 aliphatic heterocycles. The third-order valence-corrected chi connectivity index (χ3v) is 3.63. The Labute approximate surface area is 98.0 Å². The molecule has 0 saturated heterocycles. The van der Waals surface area contributed by atoms with Gasteiger partial charge in [-0.15, -0.1) is 0 Å². The maximum atomic E-state index is 11.9. The monoisotopic (exact) mass is 270 g/mol. The molecule has 1 unspecified atom stereocenters. The minimum Gasteiger partial charge on any atom is -0.299 e. The second kappa shape index (κ2) is 4.47. The molecule has 1 aliphatic rings. The topological polar surface area (TPSA) is 34.9 Å². The zero-order valence-electron chi connectivity index (χ0n) is 8.87. The van der Waals surface area contributed by atoms with Gasteiger partial charge in [-0.1, -0.05) is 6.42 Å². The molecule has 0 radical (unpaired) electrons. The molecule has 82 valence electrons. The fraction of sp³-hybridized carbons (Fsp3) is 0.636. The molecule has 0 bridgehead atoms. The van der Waals surface area contributed by atoms with Crippen LogP contribution in [-0.4, -0.2) is 15.6 Å². The number of ketones is 1. The van der Waals surface area contributed by atoms with E-state index in [-0.39, 0.29) is 5.92 Å². The van der Waals surface area contributed by atoms with Crippen LogP contribution in [0.2, 0.25) is 0 Å². The molecule has 1 atom stereocenters. The van der Waals surface area contributed by atoms with Crippen LogP contribution in [-0.2, 0) is 11.3 Å². The van der Waals surface area contributed by atoms with Gasteiger partial charge in [0.05, 0.1) is 22.3 Å². The first-order valence-electron chi connectivity index (χ1n) is 5.48. The summed E-state index contributed by atoms with van der Waals surface area (Å²) in [6, 6.07) is 0. The molecule has 4 heteroatoms. The molecule has 1 saturated carbocycles. The lowest BCUT2D eigenvalue weighted by atomic mass is 9.85. The van der Waals surface area contributed by atoms with Gasteiger partial charge in [0.25, 0.3) is 0 Å². The molecule has 1 aromatic heterocycles. The fourth-order valence-electron chi connectivity index (χ4n) is 2.24. The van der Waals surface area contributed by atoms with E-state index in [9.17, 15) is 4.79 Å². The van der Waals surface area contributed by atoms with Crippen molar-refractivity contribution in [3.05, 3.63) is 16.4 Å². The summed E-state index contributed by atoms with van der Waals surface area (Å²) in [6.45, 7) is 2.88. The van der Waals surface area contributed by atoms with Crippen LogP contribution in [0.15, 0.2) is 10.7 Å². The summed E-state index contributed by atoms with van der Waals surface area (Å²) < 4.78 is 2.91. The van der Waals surface area contributed by atoms with E-state index >= 15 is 0 Å². The van der Waals surface area contributed by atoms with Crippen LogP contribution in [0, 0.1) is 0 Å². The number of hydrogen-bond donors (Lipinski definition) is 0. The van der Waals surface area contributed by atoms with Crippen LogP contribution in [0.1, 0.15) is 44.2 Å². The minimum atomic E-state index is 0.0653. The van der Waals surface area contributed by atoms with E-state index in [0.29, 0.717) is 5.78 Å². The lowest BCUT2D eigenvalue weighted by Gasteiger charge is -2.21. The predicted octanol–water partition coefficient (Wildman–Crippen LogP) is 2.89. The number of nitrogens with zero attached hydrogens (tertiary/aromatic N) is 2. The van der Waals surface area contributed by atoms with Gasteiger partial charge < -0.3 is 0 Å². The maximum Gasteiger partial charge on any atom is 0.141 e. The number of hydrogen-bond acceptors (Lipinski definition) is 2. The molecule has 3 nitrogen and oxygen atoms in total. The summed E-state index contributed by atoms with van der Waals surface area (Å²) in [6.07, 6.45) is 5.70. The number of aryl methyl sites for hydroxylation is 1. The summed E-state index contributed by atoms with van der Waals surface area (Å²) in [4.78, 5) is 11.9. The number of carbonyl (C=O) groups is 1. The van der Waals surface area contributed by atoms with E-state index in [1.807, 2.05) is 4.68 Å². The second-order valence-electron chi connectivity index (χ2n) is 3.96.